The molecule has 1 aliphatic carbocycles. The molecule has 0 N–H and O–H groups in total. The number of unbranched alkanes of at least 4 members (excludes halogenated alkanes) is 6. The second kappa shape index (κ2) is 9.89. The van der Waals surface area contributed by atoms with Gasteiger partial charge in [0.05, 0.1) is 0 Å². The van der Waals surface area contributed by atoms with Gasteiger partial charge >= 0.3 is 0 Å². The summed E-state index contributed by atoms with van der Waals surface area (Å²) in [7, 11) is 1.53. The van der Waals surface area contributed by atoms with Crippen molar-refractivity contribution in [2.24, 2.45) is 0 Å². The Labute approximate surface area is 123 Å². The summed E-state index contributed by atoms with van der Waals surface area (Å²) < 4.78 is 0. The molecule has 1 heteroatoms. The molecule has 0 saturated heterocycles. The monoisotopic (exact) mass is 264 g/mol. The van der Waals surface area contributed by atoms with Crippen molar-refractivity contribution in [1.29, 1.82) is 0 Å². The molecular formula is C18H37B. The van der Waals surface area contributed by atoms with E-state index in [1.165, 1.54) is 90.8 Å². The van der Waals surface area contributed by atoms with E-state index in [0.29, 0.717) is 5.31 Å². The third-order valence-corrected chi connectivity index (χ3v) is 5.27. The maximum absolute atomic E-state index is 2.60. The highest BCUT2D eigenvalue weighted by molar-refractivity contribution is 6.42. The topological polar surface area (TPSA) is 0 Å². The van der Waals surface area contributed by atoms with E-state index in [1.54, 1.807) is 0 Å². The molecule has 1 saturated carbocycles. The first-order valence-corrected chi connectivity index (χ1v) is 9.20. The summed E-state index contributed by atoms with van der Waals surface area (Å²) in [5, 5.41) is 0.673. The summed E-state index contributed by atoms with van der Waals surface area (Å²) in [6.07, 6.45) is 19.1. The van der Waals surface area contributed by atoms with E-state index in [9.17, 15) is 0 Å². The van der Waals surface area contributed by atoms with Gasteiger partial charge in [0.25, 0.3) is 0 Å². The van der Waals surface area contributed by atoms with E-state index in [1.807, 2.05) is 0 Å². The average Bonchev–Trinajstić information content (AvgIpc) is 2.36. The lowest BCUT2D eigenvalue weighted by atomic mass is 9.40. The smallest absolute Gasteiger partial charge is 0.0666 e. The standard InChI is InChI=1S/C18H37B/c1-4-6-8-10-15-18(3,16-11-9-7-5-2)19-17-13-12-14-17/h17,19H,4-16H2,1-3H3. The second-order valence-corrected chi connectivity index (χ2v) is 7.43. The molecule has 0 heterocycles. The molecule has 0 spiro atoms. The minimum atomic E-state index is 0.673. The molecule has 0 aromatic heterocycles. The Hall–Kier alpha value is 0.0649. The minimum Gasteiger partial charge on any atom is -0.0666 e. The summed E-state index contributed by atoms with van der Waals surface area (Å²) in [6, 6.07) is 0. The molecule has 0 aliphatic heterocycles. The first-order valence-electron chi connectivity index (χ1n) is 9.20. The molecular weight excluding hydrogens is 227 g/mol. The van der Waals surface area contributed by atoms with E-state index in [0.717, 1.165) is 5.82 Å². The van der Waals surface area contributed by atoms with Gasteiger partial charge in [0.1, 0.15) is 7.28 Å². The van der Waals surface area contributed by atoms with Crippen LogP contribution in [0.1, 0.15) is 104 Å². The van der Waals surface area contributed by atoms with Crippen molar-refractivity contribution in [1.82, 2.24) is 0 Å². The van der Waals surface area contributed by atoms with Gasteiger partial charge in [0.2, 0.25) is 0 Å². The van der Waals surface area contributed by atoms with Gasteiger partial charge in [-0.3, -0.25) is 0 Å². The van der Waals surface area contributed by atoms with Gasteiger partial charge in [-0.05, 0) is 0 Å². The highest BCUT2D eigenvalue weighted by atomic mass is 14.2. The summed E-state index contributed by atoms with van der Waals surface area (Å²) in [6.45, 7) is 7.24. The fourth-order valence-corrected chi connectivity index (χ4v) is 3.68. The van der Waals surface area contributed by atoms with E-state index in [-0.39, 0.29) is 0 Å². The van der Waals surface area contributed by atoms with Crippen molar-refractivity contribution in [3.05, 3.63) is 0 Å². The Morgan fingerprint density at radius 3 is 1.74 bits per heavy atom. The summed E-state index contributed by atoms with van der Waals surface area (Å²) >= 11 is 0. The van der Waals surface area contributed by atoms with Crippen molar-refractivity contribution >= 4 is 7.28 Å². The molecule has 0 atom stereocenters. The van der Waals surface area contributed by atoms with Crippen molar-refractivity contribution in [3.63, 3.8) is 0 Å². The predicted octanol–water partition coefficient (Wildman–Crippen LogP) is 6.51. The van der Waals surface area contributed by atoms with Crippen LogP contribution in [0, 0.1) is 0 Å². The lowest BCUT2D eigenvalue weighted by molar-refractivity contribution is 0.423. The second-order valence-electron chi connectivity index (χ2n) is 7.43. The number of rotatable bonds is 12. The summed E-state index contributed by atoms with van der Waals surface area (Å²) in [5.74, 6) is 1.09. The summed E-state index contributed by atoms with van der Waals surface area (Å²) in [5.41, 5.74) is 0. The van der Waals surface area contributed by atoms with Gasteiger partial charge in [-0.2, -0.15) is 0 Å². The Kier molecular flexibility index (Phi) is 8.91. The Morgan fingerprint density at radius 1 is 0.842 bits per heavy atom. The van der Waals surface area contributed by atoms with E-state index in [4.69, 9.17) is 0 Å². The Balaban J connectivity index is 2.27. The molecule has 1 rings (SSSR count). The van der Waals surface area contributed by atoms with Gasteiger partial charge in [-0.25, -0.2) is 0 Å². The zero-order valence-electron chi connectivity index (χ0n) is 14.0. The number of hydrogen-bond acceptors (Lipinski definition) is 0. The molecule has 0 amide bonds. The highest BCUT2D eigenvalue weighted by Crippen LogP contribution is 2.45. The highest BCUT2D eigenvalue weighted by Gasteiger charge is 2.31. The number of hydrogen-bond donors (Lipinski definition) is 0. The van der Waals surface area contributed by atoms with Crippen LogP contribution in [0.2, 0.25) is 11.1 Å². The third-order valence-electron chi connectivity index (χ3n) is 5.27. The summed E-state index contributed by atoms with van der Waals surface area (Å²) in [4.78, 5) is 0. The van der Waals surface area contributed by atoms with E-state index >= 15 is 0 Å². The zero-order chi connectivity index (χ0) is 14.0. The predicted molar refractivity (Wildman–Crippen MR) is 90.6 cm³/mol. The molecule has 0 aromatic rings. The van der Waals surface area contributed by atoms with Gasteiger partial charge in [0, 0.05) is 0 Å². The molecule has 1 aliphatic rings. The quantitative estimate of drug-likeness (QED) is 0.278. The fourth-order valence-electron chi connectivity index (χ4n) is 3.68. The van der Waals surface area contributed by atoms with Crippen LogP contribution in [0.4, 0.5) is 0 Å². The van der Waals surface area contributed by atoms with Crippen LogP contribution < -0.4 is 0 Å². The van der Waals surface area contributed by atoms with E-state index in [2.05, 4.69) is 20.8 Å². The van der Waals surface area contributed by atoms with Crippen LogP contribution in [-0.2, 0) is 0 Å². The SMILES string of the molecule is CCCCCCC(C)(BC1CCC1)CCCCCC. The van der Waals surface area contributed by atoms with Gasteiger partial charge < -0.3 is 0 Å². The maximum atomic E-state index is 2.60. The van der Waals surface area contributed by atoms with E-state index < -0.39 is 0 Å². The van der Waals surface area contributed by atoms with Gasteiger partial charge in [0.15, 0.2) is 0 Å². The average molecular weight is 264 g/mol. The first kappa shape index (κ1) is 17.1. The first-order chi connectivity index (χ1) is 9.20. The van der Waals surface area contributed by atoms with Crippen molar-refractivity contribution in [2.75, 3.05) is 0 Å². The van der Waals surface area contributed by atoms with Crippen molar-refractivity contribution in [3.8, 4) is 0 Å². The van der Waals surface area contributed by atoms with Gasteiger partial charge in [-0.15, -0.1) is 0 Å². The lowest BCUT2D eigenvalue weighted by Crippen LogP contribution is -2.25. The Bertz CT molecular complexity index is 196. The van der Waals surface area contributed by atoms with Crippen LogP contribution in [0.15, 0.2) is 0 Å². The molecule has 0 bridgehead atoms. The largest absolute Gasteiger partial charge is 0.131 e. The molecule has 0 unspecified atom stereocenters. The zero-order valence-corrected chi connectivity index (χ0v) is 14.0. The lowest BCUT2D eigenvalue weighted by Gasteiger charge is -2.36. The molecule has 19 heavy (non-hydrogen) atoms. The van der Waals surface area contributed by atoms with Crippen LogP contribution in [0.25, 0.3) is 0 Å². The third kappa shape index (κ3) is 7.42. The molecule has 1 fully saturated rings. The fraction of sp³-hybridized carbons (Fsp3) is 1.00. The van der Waals surface area contributed by atoms with Crippen LogP contribution >= 0.6 is 0 Å². The maximum Gasteiger partial charge on any atom is 0.131 e. The van der Waals surface area contributed by atoms with Crippen LogP contribution in [0.5, 0.6) is 0 Å². The van der Waals surface area contributed by atoms with Crippen LogP contribution in [0.3, 0.4) is 0 Å². The minimum absolute atomic E-state index is 0.673. The normalized spacial score (nSPS) is 16.4. The Morgan fingerprint density at radius 2 is 1.37 bits per heavy atom. The molecule has 112 valence electrons. The van der Waals surface area contributed by atoms with Crippen LogP contribution in [-0.4, -0.2) is 7.28 Å². The van der Waals surface area contributed by atoms with Gasteiger partial charge in [-0.1, -0.05) is 115 Å². The van der Waals surface area contributed by atoms with Crippen molar-refractivity contribution in [2.45, 2.75) is 115 Å². The molecule has 0 nitrogen and oxygen atoms in total. The van der Waals surface area contributed by atoms with Crippen molar-refractivity contribution < 1.29 is 0 Å². The molecule has 0 radical (unpaired) electrons. The molecule has 0 aromatic carbocycles.